The number of aromatic nitrogens is 2. The topological polar surface area (TPSA) is 78.1 Å². The van der Waals surface area contributed by atoms with Gasteiger partial charge in [-0.3, -0.25) is 0 Å². The first kappa shape index (κ1) is 13.0. The van der Waals surface area contributed by atoms with Gasteiger partial charge in [0.15, 0.2) is 11.5 Å². The van der Waals surface area contributed by atoms with Crippen LogP contribution >= 0.6 is 0 Å². The molecule has 0 saturated heterocycles. The van der Waals surface area contributed by atoms with Crippen LogP contribution in [0.1, 0.15) is 27.2 Å². The molecule has 2 aromatic rings. The van der Waals surface area contributed by atoms with E-state index in [-0.39, 0.29) is 18.1 Å². The van der Waals surface area contributed by atoms with E-state index in [2.05, 4.69) is 16.0 Å². The summed E-state index contributed by atoms with van der Waals surface area (Å²) in [6, 6.07) is 6.01. The lowest BCUT2D eigenvalue weighted by molar-refractivity contribution is 0.0466. The Hall–Kier alpha value is -2.43. The molecule has 0 fully saturated rings. The van der Waals surface area contributed by atoms with Gasteiger partial charge in [0.25, 0.3) is 0 Å². The smallest absolute Gasteiger partial charge is 0.361 e. The van der Waals surface area contributed by atoms with Crippen molar-refractivity contribution in [3.63, 3.8) is 0 Å². The third-order valence-corrected chi connectivity index (χ3v) is 2.57. The number of nitrogens with two attached hydrogens (primary N) is 1. The average Bonchev–Trinajstić information content (AvgIpc) is 2.35. The highest BCUT2D eigenvalue weighted by Crippen LogP contribution is 2.12. The predicted molar refractivity (Wildman–Crippen MR) is 71.5 cm³/mol. The summed E-state index contributed by atoms with van der Waals surface area (Å²) in [4.78, 5) is 19.5. The molecule has 0 bridgehead atoms. The summed E-state index contributed by atoms with van der Waals surface area (Å²) in [6.07, 6.45) is 2.83. The Kier molecular flexibility index (Phi) is 3.75. The van der Waals surface area contributed by atoms with Crippen LogP contribution in [0, 0.1) is 13.8 Å². The van der Waals surface area contributed by atoms with Gasteiger partial charge >= 0.3 is 5.97 Å². The number of rotatable bonds is 3. The highest BCUT2D eigenvalue weighted by atomic mass is 16.5. The number of benzene rings is 1. The third kappa shape index (κ3) is 3.28. The molecule has 0 atom stereocenters. The van der Waals surface area contributed by atoms with E-state index in [0.29, 0.717) is 0 Å². The zero-order valence-electron chi connectivity index (χ0n) is 10.9. The van der Waals surface area contributed by atoms with Gasteiger partial charge in [-0.1, -0.05) is 29.3 Å². The summed E-state index contributed by atoms with van der Waals surface area (Å²) in [6.45, 7) is 4.19. The number of nitrogens with zero attached hydrogens (tertiary/aromatic N) is 2. The Morgan fingerprint density at radius 3 is 2.42 bits per heavy atom. The van der Waals surface area contributed by atoms with E-state index in [1.807, 2.05) is 26.0 Å². The lowest BCUT2D eigenvalue weighted by atomic mass is 10.1. The van der Waals surface area contributed by atoms with Crippen molar-refractivity contribution in [1.29, 1.82) is 0 Å². The maximum atomic E-state index is 11.8. The number of hydrogen-bond donors (Lipinski definition) is 1. The van der Waals surface area contributed by atoms with Crippen LogP contribution in [0.3, 0.4) is 0 Å². The molecule has 2 N–H and O–H groups in total. The first-order valence-corrected chi connectivity index (χ1v) is 5.87. The zero-order chi connectivity index (χ0) is 13.8. The van der Waals surface area contributed by atoms with Crippen LogP contribution in [0.2, 0.25) is 0 Å². The molecule has 5 heteroatoms. The van der Waals surface area contributed by atoms with Crippen molar-refractivity contribution in [2.24, 2.45) is 0 Å². The standard InChI is InChI=1S/C14H15N3O2/c1-9-5-10(2)7-11(6-9)8-19-14(18)12-13(15)17-4-3-16-12/h3-7H,8H2,1-2H3,(H2,15,17). The van der Waals surface area contributed by atoms with Gasteiger partial charge in [0.1, 0.15) is 6.61 Å². The largest absolute Gasteiger partial charge is 0.456 e. The molecule has 19 heavy (non-hydrogen) atoms. The second-order valence-electron chi connectivity index (χ2n) is 4.36. The van der Waals surface area contributed by atoms with Crippen molar-refractivity contribution in [1.82, 2.24) is 9.97 Å². The molecular weight excluding hydrogens is 242 g/mol. The normalized spacial score (nSPS) is 10.2. The van der Waals surface area contributed by atoms with Crippen LogP contribution in [0.5, 0.6) is 0 Å². The number of esters is 1. The molecule has 98 valence electrons. The molecular formula is C14H15N3O2. The van der Waals surface area contributed by atoms with Gasteiger partial charge in [-0.2, -0.15) is 0 Å². The molecule has 2 rings (SSSR count). The van der Waals surface area contributed by atoms with E-state index in [1.165, 1.54) is 12.4 Å². The molecule has 5 nitrogen and oxygen atoms in total. The van der Waals surface area contributed by atoms with Crippen molar-refractivity contribution >= 4 is 11.8 Å². The summed E-state index contributed by atoms with van der Waals surface area (Å²) >= 11 is 0. The minimum atomic E-state index is -0.565. The number of nitrogen functional groups attached to an aromatic ring is 1. The average molecular weight is 257 g/mol. The van der Waals surface area contributed by atoms with E-state index in [0.717, 1.165) is 16.7 Å². The number of anilines is 1. The number of carbonyl (C=O) groups excluding carboxylic acids is 1. The van der Waals surface area contributed by atoms with Gasteiger partial charge in [-0.05, 0) is 19.4 Å². The van der Waals surface area contributed by atoms with Gasteiger partial charge in [-0.25, -0.2) is 14.8 Å². The Morgan fingerprint density at radius 1 is 1.16 bits per heavy atom. The molecule has 0 radical (unpaired) electrons. The summed E-state index contributed by atoms with van der Waals surface area (Å²) in [5.74, 6) is -0.488. The fraction of sp³-hybridized carbons (Fsp3) is 0.214. The Bertz CT molecular complexity index is 591. The van der Waals surface area contributed by atoms with Gasteiger partial charge < -0.3 is 10.5 Å². The molecule has 1 heterocycles. The zero-order valence-corrected chi connectivity index (χ0v) is 10.9. The lowest BCUT2D eigenvalue weighted by Crippen LogP contribution is -2.11. The molecule has 1 aromatic heterocycles. The van der Waals surface area contributed by atoms with Crippen molar-refractivity contribution in [2.45, 2.75) is 20.5 Å². The van der Waals surface area contributed by atoms with Crippen LogP contribution < -0.4 is 5.73 Å². The van der Waals surface area contributed by atoms with Crippen molar-refractivity contribution in [3.8, 4) is 0 Å². The van der Waals surface area contributed by atoms with Crippen LogP contribution in [0.25, 0.3) is 0 Å². The summed E-state index contributed by atoms with van der Waals surface area (Å²) < 4.78 is 5.18. The van der Waals surface area contributed by atoms with Gasteiger partial charge in [-0.15, -0.1) is 0 Å². The van der Waals surface area contributed by atoms with E-state index >= 15 is 0 Å². The van der Waals surface area contributed by atoms with Crippen molar-refractivity contribution in [2.75, 3.05) is 5.73 Å². The van der Waals surface area contributed by atoms with Crippen molar-refractivity contribution < 1.29 is 9.53 Å². The Labute approximate surface area is 111 Å². The monoisotopic (exact) mass is 257 g/mol. The molecule has 0 unspecified atom stereocenters. The number of hydrogen-bond acceptors (Lipinski definition) is 5. The molecule has 0 amide bonds. The Balaban J connectivity index is 2.07. The van der Waals surface area contributed by atoms with Crippen LogP contribution in [-0.4, -0.2) is 15.9 Å². The van der Waals surface area contributed by atoms with Gasteiger partial charge in [0.2, 0.25) is 0 Å². The van der Waals surface area contributed by atoms with Crippen LogP contribution in [0.15, 0.2) is 30.6 Å². The minimum absolute atomic E-state index is 0.0480. The molecule has 0 aliphatic heterocycles. The molecule has 0 aliphatic rings. The summed E-state index contributed by atoms with van der Waals surface area (Å²) in [7, 11) is 0. The van der Waals surface area contributed by atoms with Gasteiger partial charge in [0, 0.05) is 12.4 Å². The highest BCUT2D eigenvalue weighted by molar-refractivity contribution is 5.91. The maximum Gasteiger partial charge on any atom is 0.361 e. The SMILES string of the molecule is Cc1cc(C)cc(COC(=O)c2nccnc2N)c1. The summed E-state index contributed by atoms with van der Waals surface area (Å²) in [5, 5.41) is 0. The van der Waals surface area contributed by atoms with Crippen LogP contribution in [0.4, 0.5) is 5.82 Å². The first-order valence-electron chi connectivity index (χ1n) is 5.87. The fourth-order valence-electron chi connectivity index (χ4n) is 1.88. The van der Waals surface area contributed by atoms with E-state index in [4.69, 9.17) is 10.5 Å². The molecule has 0 aliphatic carbocycles. The molecule has 0 spiro atoms. The highest BCUT2D eigenvalue weighted by Gasteiger charge is 2.13. The van der Waals surface area contributed by atoms with Crippen molar-refractivity contribution in [3.05, 3.63) is 53.0 Å². The van der Waals surface area contributed by atoms with E-state index < -0.39 is 5.97 Å². The number of ether oxygens (including phenoxy) is 1. The van der Waals surface area contributed by atoms with Crippen LogP contribution in [-0.2, 0) is 11.3 Å². The first-order chi connectivity index (χ1) is 9.06. The quantitative estimate of drug-likeness (QED) is 0.851. The predicted octanol–water partition coefficient (Wildman–Crippen LogP) is 2.03. The molecule has 1 aromatic carbocycles. The minimum Gasteiger partial charge on any atom is -0.456 e. The second-order valence-corrected chi connectivity index (χ2v) is 4.36. The number of aryl methyl sites for hydroxylation is 2. The lowest BCUT2D eigenvalue weighted by Gasteiger charge is -2.07. The third-order valence-electron chi connectivity index (χ3n) is 2.57. The fourth-order valence-corrected chi connectivity index (χ4v) is 1.88. The maximum absolute atomic E-state index is 11.8. The van der Waals surface area contributed by atoms with E-state index in [1.54, 1.807) is 0 Å². The molecule has 0 saturated carbocycles. The second kappa shape index (κ2) is 5.48. The van der Waals surface area contributed by atoms with Gasteiger partial charge in [0.05, 0.1) is 0 Å². The number of carbonyl (C=O) groups is 1. The summed E-state index contributed by atoms with van der Waals surface area (Å²) in [5.41, 5.74) is 8.81. The van der Waals surface area contributed by atoms with E-state index in [9.17, 15) is 4.79 Å². The Morgan fingerprint density at radius 2 is 1.79 bits per heavy atom.